The van der Waals surface area contributed by atoms with E-state index < -0.39 is 24.0 Å². The van der Waals surface area contributed by atoms with Crippen molar-refractivity contribution in [2.24, 2.45) is 11.3 Å². The number of ether oxygens (including phenoxy) is 2. The van der Waals surface area contributed by atoms with Crippen molar-refractivity contribution in [1.82, 2.24) is 24.8 Å². The number of hydroxylamine groups is 1. The number of fused-ring (bicyclic) bond motifs is 1. The highest BCUT2D eigenvalue weighted by atomic mass is 16.6. The molecular formula is C29H39N5O6. The second-order valence-corrected chi connectivity index (χ2v) is 11.9. The number of nitrogens with one attached hydrogen (secondary N) is 1. The molecule has 0 bridgehead atoms. The van der Waals surface area contributed by atoms with Gasteiger partial charge in [-0.1, -0.05) is 6.07 Å². The van der Waals surface area contributed by atoms with Crippen LogP contribution in [0.2, 0.25) is 0 Å². The second-order valence-electron chi connectivity index (χ2n) is 11.9. The fourth-order valence-electron chi connectivity index (χ4n) is 6.87. The maximum absolute atomic E-state index is 14.1. The summed E-state index contributed by atoms with van der Waals surface area (Å²) >= 11 is 0. The van der Waals surface area contributed by atoms with Gasteiger partial charge in [-0.3, -0.25) is 19.7 Å². The van der Waals surface area contributed by atoms with Gasteiger partial charge in [-0.05, 0) is 68.1 Å². The first-order valence-corrected chi connectivity index (χ1v) is 14.6. The molecule has 3 amide bonds. The summed E-state index contributed by atoms with van der Waals surface area (Å²) in [6.07, 6.45) is 6.09. The van der Waals surface area contributed by atoms with Crippen LogP contribution in [-0.4, -0.2) is 87.5 Å². The number of hydrogen-bond acceptors (Lipinski definition) is 7. The molecule has 2 atom stereocenters. The molecule has 0 unspecified atom stereocenters. The van der Waals surface area contributed by atoms with Gasteiger partial charge in [-0.25, -0.2) is 15.3 Å². The molecule has 4 fully saturated rings. The minimum atomic E-state index is -1.00. The van der Waals surface area contributed by atoms with Crippen molar-refractivity contribution in [3.05, 3.63) is 30.1 Å². The highest BCUT2D eigenvalue weighted by Crippen LogP contribution is 2.55. The van der Waals surface area contributed by atoms with E-state index in [0.717, 1.165) is 43.3 Å². The molecule has 3 saturated heterocycles. The summed E-state index contributed by atoms with van der Waals surface area (Å²) in [4.78, 5) is 48.2. The molecule has 216 valence electrons. The van der Waals surface area contributed by atoms with Gasteiger partial charge in [-0.15, -0.1) is 0 Å². The maximum atomic E-state index is 14.1. The quantitative estimate of drug-likeness (QED) is 0.431. The lowest BCUT2D eigenvalue weighted by molar-refractivity contribution is -0.151. The molecule has 1 aliphatic carbocycles. The van der Waals surface area contributed by atoms with Gasteiger partial charge >= 0.3 is 6.09 Å². The average molecular weight is 554 g/mol. The Hall–Kier alpha value is -3.18. The number of aryl methyl sites for hydroxylation is 1. The van der Waals surface area contributed by atoms with Gasteiger partial charge in [0.05, 0.1) is 36.5 Å². The molecule has 11 heteroatoms. The number of piperidine rings is 2. The van der Waals surface area contributed by atoms with E-state index in [-0.39, 0.29) is 17.4 Å². The third-order valence-electron chi connectivity index (χ3n) is 9.47. The summed E-state index contributed by atoms with van der Waals surface area (Å²) in [5, 5.41) is 9.55. The standard InChI is InChI=1S/C29H39N5O6/c1-2-32-18-30-23-4-3-20(15-24(23)32)19-5-11-33(12-6-19)27(36)25-22(26(35)31-38)16-29(9-10-29)17-34(25)28(37)40-21-7-13-39-14-8-21/h3-4,15,18-19,21-22,25,38H,2,5-14,16-17H2,1H3,(H,31,35)/t22-,25-/m0/s1. The molecule has 6 rings (SSSR count). The Bertz CT molecular complexity index is 1260. The first kappa shape index (κ1) is 27.0. The average Bonchev–Trinajstić information content (AvgIpc) is 3.61. The van der Waals surface area contributed by atoms with Gasteiger partial charge < -0.3 is 18.9 Å². The lowest BCUT2D eigenvalue weighted by Crippen LogP contribution is -2.62. The first-order valence-electron chi connectivity index (χ1n) is 14.6. The van der Waals surface area contributed by atoms with Crippen LogP contribution >= 0.6 is 0 Å². The van der Waals surface area contributed by atoms with Crippen LogP contribution in [0.25, 0.3) is 11.0 Å². The first-order chi connectivity index (χ1) is 19.4. The van der Waals surface area contributed by atoms with Gasteiger partial charge in [0.2, 0.25) is 11.8 Å². The second kappa shape index (κ2) is 11.0. The van der Waals surface area contributed by atoms with Gasteiger partial charge in [0.25, 0.3) is 0 Å². The van der Waals surface area contributed by atoms with E-state index in [1.54, 1.807) is 10.4 Å². The predicted molar refractivity (Wildman–Crippen MR) is 144 cm³/mol. The van der Waals surface area contributed by atoms with Crippen LogP contribution in [0.4, 0.5) is 4.79 Å². The summed E-state index contributed by atoms with van der Waals surface area (Å²) in [6.45, 7) is 5.47. The Labute approximate surface area is 233 Å². The van der Waals surface area contributed by atoms with Crippen molar-refractivity contribution in [2.75, 3.05) is 32.8 Å². The van der Waals surface area contributed by atoms with Gasteiger partial charge in [-0.2, -0.15) is 0 Å². The highest BCUT2D eigenvalue weighted by molar-refractivity contribution is 5.93. The van der Waals surface area contributed by atoms with Crippen molar-refractivity contribution in [3.8, 4) is 0 Å². The molecule has 2 aromatic rings. The summed E-state index contributed by atoms with van der Waals surface area (Å²) in [6, 6.07) is 5.39. The summed E-state index contributed by atoms with van der Waals surface area (Å²) < 4.78 is 13.4. The number of rotatable bonds is 5. The Morgan fingerprint density at radius 2 is 1.90 bits per heavy atom. The SMILES string of the molecule is CCn1cnc2ccc(C3CCN(C(=O)[C@@H]4[C@@H](C(=O)NO)CC5(CC5)CN4C(=O)OC4CCOCC4)CC3)cc21. The molecule has 40 heavy (non-hydrogen) atoms. The van der Waals surface area contributed by atoms with E-state index in [1.165, 1.54) is 10.5 Å². The zero-order valence-corrected chi connectivity index (χ0v) is 23.1. The molecule has 11 nitrogen and oxygen atoms in total. The van der Waals surface area contributed by atoms with Crippen LogP contribution in [-0.2, 0) is 25.6 Å². The van der Waals surface area contributed by atoms with Gasteiger partial charge in [0.15, 0.2) is 0 Å². The Kier molecular flexibility index (Phi) is 7.43. The number of carbonyl (C=O) groups is 3. The van der Waals surface area contributed by atoms with Crippen molar-refractivity contribution < 1.29 is 29.1 Å². The number of hydrogen-bond donors (Lipinski definition) is 2. The third kappa shape index (κ3) is 5.16. The van der Waals surface area contributed by atoms with Crippen LogP contribution in [0.3, 0.4) is 0 Å². The number of benzene rings is 1. The van der Waals surface area contributed by atoms with Crippen LogP contribution in [0.1, 0.15) is 63.4 Å². The number of aromatic nitrogens is 2. The minimum Gasteiger partial charge on any atom is -0.446 e. The molecule has 1 aromatic heterocycles. The topological polar surface area (TPSA) is 126 Å². The van der Waals surface area contributed by atoms with E-state index in [9.17, 15) is 19.6 Å². The fourth-order valence-corrected chi connectivity index (χ4v) is 6.87. The monoisotopic (exact) mass is 553 g/mol. The molecule has 1 aromatic carbocycles. The molecule has 1 saturated carbocycles. The van der Waals surface area contributed by atoms with Crippen molar-refractivity contribution in [2.45, 2.75) is 76.5 Å². The number of amides is 3. The highest BCUT2D eigenvalue weighted by Gasteiger charge is 2.58. The third-order valence-corrected chi connectivity index (χ3v) is 9.47. The Morgan fingerprint density at radius 1 is 1.15 bits per heavy atom. The zero-order valence-electron chi connectivity index (χ0n) is 23.1. The minimum absolute atomic E-state index is 0.195. The smallest absolute Gasteiger partial charge is 0.410 e. The number of likely N-dealkylation sites (tertiary alicyclic amines) is 2. The van der Waals surface area contributed by atoms with E-state index in [1.807, 2.05) is 6.33 Å². The van der Waals surface area contributed by atoms with Crippen LogP contribution in [0, 0.1) is 11.3 Å². The molecule has 3 aliphatic heterocycles. The molecule has 4 heterocycles. The predicted octanol–water partition coefficient (Wildman–Crippen LogP) is 3.05. The Balaban J connectivity index is 1.19. The Morgan fingerprint density at radius 3 is 2.58 bits per heavy atom. The van der Waals surface area contributed by atoms with Gasteiger partial charge in [0.1, 0.15) is 12.1 Å². The van der Waals surface area contributed by atoms with E-state index >= 15 is 0 Å². The van der Waals surface area contributed by atoms with E-state index in [2.05, 4.69) is 34.7 Å². The van der Waals surface area contributed by atoms with Gasteiger partial charge in [0, 0.05) is 39.0 Å². The largest absolute Gasteiger partial charge is 0.446 e. The number of nitrogens with zero attached hydrogens (tertiary/aromatic N) is 4. The molecule has 4 aliphatic rings. The lowest BCUT2D eigenvalue weighted by Gasteiger charge is -2.45. The van der Waals surface area contributed by atoms with Crippen molar-refractivity contribution >= 4 is 28.9 Å². The molecule has 1 spiro atoms. The van der Waals surface area contributed by atoms with Crippen LogP contribution < -0.4 is 5.48 Å². The normalized spacial score (nSPS) is 25.2. The zero-order chi connectivity index (χ0) is 27.9. The summed E-state index contributed by atoms with van der Waals surface area (Å²) in [5.74, 6) is -1.39. The van der Waals surface area contributed by atoms with Crippen LogP contribution in [0.15, 0.2) is 24.5 Å². The number of carbonyl (C=O) groups excluding carboxylic acids is 3. The van der Waals surface area contributed by atoms with E-state index in [4.69, 9.17) is 9.47 Å². The summed E-state index contributed by atoms with van der Waals surface area (Å²) in [7, 11) is 0. The molecule has 2 N–H and O–H groups in total. The maximum Gasteiger partial charge on any atom is 0.410 e. The molecule has 0 radical (unpaired) electrons. The fraction of sp³-hybridized carbons (Fsp3) is 0.655. The summed E-state index contributed by atoms with van der Waals surface area (Å²) in [5.41, 5.74) is 4.90. The van der Waals surface area contributed by atoms with E-state index in [0.29, 0.717) is 58.0 Å². The number of imidazole rings is 1. The van der Waals surface area contributed by atoms with Crippen LogP contribution in [0.5, 0.6) is 0 Å². The van der Waals surface area contributed by atoms with Crippen molar-refractivity contribution in [1.29, 1.82) is 0 Å². The molecular weight excluding hydrogens is 514 g/mol. The lowest BCUT2D eigenvalue weighted by atomic mass is 9.79. The van der Waals surface area contributed by atoms with Crippen molar-refractivity contribution in [3.63, 3.8) is 0 Å².